The van der Waals surface area contributed by atoms with Gasteiger partial charge in [-0.05, 0) is 30.3 Å². The second kappa shape index (κ2) is 4.71. The number of methoxy groups -OCH3 is 1. The van der Waals surface area contributed by atoms with E-state index in [0.717, 1.165) is 0 Å². The zero-order chi connectivity index (χ0) is 15.1. The van der Waals surface area contributed by atoms with Crippen LogP contribution in [0, 0.1) is 0 Å². The Morgan fingerprint density at radius 1 is 0.905 bits per heavy atom. The van der Waals surface area contributed by atoms with Gasteiger partial charge in [-0.1, -0.05) is 0 Å². The van der Waals surface area contributed by atoms with Gasteiger partial charge in [0.1, 0.15) is 11.5 Å². The summed E-state index contributed by atoms with van der Waals surface area (Å²) in [7, 11) is 1.48. The van der Waals surface area contributed by atoms with Crippen molar-refractivity contribution in [1.82, 2.24) is 0 Å². The highest BCUT2D eigenvalue weighted by Crippen LogP contribution is 2.33. The molecule has 0 amide bonds. The van der Waals surface area contributed by atoms with Crippen molar-refractivity contribution in [3.05, 3.63) is 58.1 Å². The van der Waals surface area contributed by atoms with Crippen LogP contribution in [0.5, 0.6) is 11.5 Å². The molecule has 2 aromatic rings. The zero-order valence-corrected chi connectivity index (χ0v) is 11.2. The lowest BCUT2D eigenvalue weighted by atomic mass is 9.83. The van der Waals surface area contributed by atoms with Gasteiger partial charge in [-0.25, -0.2) is 0 Å². The SMILES string of the molecule is COCc1cc2c(cc1O)C(=O)c1cc(O)ccc1C2=O. The first-order valence-corrected chi connectivity index (χ1v) is 6.30. The highest BCUT2D eigenvalue weighted by atomic mass is 16.5. The summed E-state index contributed by atoms with van der Waals surface area (Å²) < 4.78 is 4.96. The van der Waals surface area contributed by atoms with E-state index in [2.05, 4.69) is 0 Å². The maximum absolute atomic E-state index is 12.5. The smallest absolute Gasteiger partial charge is 0.194 e. The molecular weight excluding hydrogens is 272 g/mol. The molecule has 5 heteroatoms. The lowest BCUT2D eigenvalue weighted by molar-refractivity contribution is 0.0978. The van der Waals surface area contributed by atoms with Gasteiger partial charge in [0.05, 0.1) is 6.61 Å². The van der Waals surface area contributed by atoms with Crippen molar-refractivity contribution in [2.24, 2.45) is 0 Å². The van der Waals surface area contributed by atoms with E-state index in [9.17, 15) is 19.8 Å². The van der Waals surface area contributed by atoms with E-state index < -0.39 is 5.78 Å². The standard InChI is InChI=1S/C16H12O5/c1-21-7-8-4-11-13(6-14(8)18)16(20)12-5-9(17)2-3-10(12)15(11)19/h2-6,17-18H,7H2,1H3. The molecule has 1 aliphatic rings. The molecule has 0 bridgehead atoms. The van der Waals surface area contributed by atoms with E-state index in [1.807, 2.05) is 0 Å². The van der Waals surface area contributed by atoms with Crippen LogP contribution < -0.4 is 0 Å². The van der Waals surface area contributed by atoms with Crippen molar-refractivity contribution in [2.45, 2.75) is 6.61 Å². The number of hydrogen-bond acceptors (Lipinski definition) is 5. The van der Waals surface area contributed by atoms with Crippen LogP contribution in [0.2, 0.25) is 0 Å². The van der Waals surface area contributed by atoms with Crippen LogP contribution in [0.3, 0.4) is 0 Å². The molecule has 2 N–H and O–H groups in total. The molecule has 0 saturated carbocycles. The van der Waals surface area contributed by atoms with Crippen LogP contribution >= 0.6 is 0 Å². The van der Waals surface area contributed by atoms with E-state index in [-0.39, 0.29) is 46.1 Å². The molecule has 0 heterocycles. The fraction of sp³-hybridized carbons (Fsp3) is 0.125. The highest BCUT2D eigenvalue weighted by molar-refractivity contribution is 6.28. The molecule has 2 aromatic carbocycles. The predicted molar refractivity (Wildman–Crippen MR) is 73.8 cm³/mol. The lowest BCUT2D eigenvalue weighted by Crippen LogP contribution is -2.21. The zero-order valence-electron chi connectivity index (χ0n) is 11.2. The van der Waals surface area contributed by atoms with Gasteiger partial charge in [0.25, 0.3) is 0 Å². The Morgan fingerprint density at radius 3 is 2.24 bits per heavy atom. The maximum atomic E-state index is 12.5. The van der Waals surface area contributed by atoms with Crippen molar-refractivity contribution in [3.63, 3.8) is 0 Å². The molecule has 3 rings (SSSR count). The van der Waals surface area contributed by atoms with Crippen LogP contribution in [-0.4, -0.2) is 28.9 Å². The van der Waals surface area contributed by atoms with Crippen molar-refractivity contribution < 1.29 is 24.5 Å². The van der Waals surface area contributed by atoms with E-state index in [1.165, 1.54) is 37.4 Å². The lowest BCUT2D eigenvalue weighted by Gasteiger charge is -2.19. The summed E-state index contributed by atoms with van der Waals surface area (Å²) in [6.07, 6.45) is 0. The third-order valence-corrected chi connectivity index (χ3v) is 3.50. The molecule has 106 valence electrons. The number of benzene rings is 2. The summed E-state index contributed by atoms with van der Waals surface area (Å²) in [6, 6.07) is 6.81. The Bertz CT molecular complexity index is 776. The van der Waals surface area contributed by atoms with Crippen LogP contribution in [0.1, 0.15) is 37.4 Å². The molecule has 0 spiro atoms. The van der Waals surface area contributed by atoms with Gasteiger partial charge in [-0.15, -0.1) is 0 Å². The summed E-state index contributed by atoms with van der Waals surface area (Å²) in [5.74, 6) is -0.884. The minimum atomic E-state index is -0.394. The summed E-state index contributed by atoms with van der Waals surface area (Å²) >= 11 is 0. The number of fused-ring (bicyclic) bond motifs is 2. The first-order valence-electron chi connectivity index (χ1n) is 6.30. The number of ketones is 2. The molecular formula is C16H12O5. The minimum Gasteiger partial charge on any atom is -0.508 e. The Labute approximate surface area is 120 Å². The highest BCUT2D eigenvalue weighted by Gasteiger charge is 2.31. The van der Waals surface area contributed by atoms with Gasteiger partial charge in [-0.2, -0.15) is 0 Å². The monoisotopic (exact) mass is 284 g/mol. The Morgan fingerprint density at radius 2 is 1.52 bits per heavy atom. The number of phenols is 2. The third-order valence-electron chi connectivity index (χ3n) is 3.50. The van der Waals surface area contributed by atoms with Crippen LogP contribution in [-0.2, 0) is 11.3 Å². The average Bonchev–Trinajstić information content (AvgIpc) is 2.46. The Hall–Kier alpha value is -2.66. The number of rotatable bonds is 2. The molecule has 0 fully saturated rings. The van der Waals surface area contributed by atoms with E-state index in [1.54, 1.807) is 0 Å². The number of carbonyl (C=O) groups is 2. The maximum Gasteiger partial charge on any atom is 0.194 e. The third kappa shape index (κ3) is 1.98. The van der Waals surface area contributed by atoms with Crippen LogP contribution in [0.4, 0.5) is 0 Å². The quantitative estimate of drug-likeness (QED) is 0.752. The molecule has 0 atom stereocenters. The minimum absolute atomic E-state index is 0.0847. The van der Waals surface area contributed by atoms with E-state index in [0.29, 0.717) is 5.56 Å². The number of phenolic OH excluding ortho intramolecular Hbond substituents is 2. The molecule has 0 unspecified atom stereocenters. The van der Waals surface area contributed by atoms with Gasteiger partial charge in [0.2, 0.25) is 0 Å². The predicted octanol–water partition coefficient (Wildman–Crippen LogP) is 2.02. The average molecular weight is 284 g/mol. The number of ether oxygens (including phenoxy) is 1. The number of carbonyl (C=O) groups excluding carboxylic acids is 2. The Balaban J connectivity index is 2.23. The number of hydrogen-bond donors (Lipinski definition) is 2. The topological polar surface area (TPSA) is 83.8 Å². The molecule has 0 aromatic heterocycles. The summed E-state index contributed by atoms with van der Waals surface area (Å²) in [6.45, 7) is 0.142. The summed E-state index contributed by atoms with van der Waals surface area (Å²) in [5.41, 5.74) is 1.21. The first-order chi connectivity index (χ1) is 10.0. The van der Waals surface area contributed by atoms with Crippen molar-refractivity contribution in [3.8, 4) is 11.5 Å². The molecule has 0 radical (unpaired) electrons. The van der Waals surface area contributed by atoms with E-state index in [4.69, 9.17) is 4.74 Å². The van der Waals surface area contributed by atoms with Crippen LogP contribution in [0.25, 0.3) is 0 Å². The van der Waals surface area contributed by atoms with Gasteiger partial charge >= 0.3 is 0 Å². The fourth-order valence-electron chi connectivity index (χ4n) is 2.49. The largest absolute Gasteiger partial charge is 0.508 e. The normalized spacial score (nSPS) is 13.0. The van der Waals surface area contributed by atoms with Gasteiger partial charge < -0.3 is 14.9 Å². The molecule has 0 aliphatic heterocycles. The molecule has 21 heavy (non-hydrogen) atoms. The van der Waals surface area contributed by atoms with Crippen LogP contribution in [0.15, 0.2) is 30.3 Å². The summed E-state index contributed by atoms with van der Waals surface area (Å²) in [4.78, 5) is 24.9. The van der Waals surface area contributed by atoms with Crippen molar-refractivity contribution in [2.75, 3.05) is 7.11 Å². The number of aromatic hydroxyl groups is 2. The Kier molecular flexibility index (Phi) is 2.99. The second-order valence-electron chi connectivity index (χ2n) is 4.85. The van der Waals surface area contributed by atoms with Crippen molar-refractivity contribution in [1.29, 1.82) is 0 Å². The molecule has 5 nitrogen and oxygen atoms in total. The van der Waals surface area contributed by atoms with Gasteiger partial charge in [-0.3, -0.25) is 9.59 Å². The van der Waals surface area contributed by atoms with E-state index >= 15 is 0 Å². The van der Waals surface area contributed by atoms with Crippen molar-refractivity contribution >= 4 is 11.6 Å². The summed E-state index contributed by atoms with van der Waals surface area (Å²) in [5, 5.41) is 19.4. The second-order valence-corrected chi connectivity index (χ2v) is 4.85. The first kappa shape index (κ1) is 13.3. The fourth-order valence-corrected chi connectivity index (χ4v) is 2.49. The van der Waals surface area contributed by atoms with Gasteiger partial charge in [0, 0.05) is 34.9 Å². The molecule has 0 saturated heterocycles. The molecule has 1 aliphatic carbocycles. The van der Waals surface area contributed by atoms with Gasteiger partial charge in [0.15, 0.2) is 11.6 Å².